The van der Waals surface area contributed by atoms with Crippen LogP contribution in [0.1, 0.15) is 28.4 Å². The molecule has 2 rings (SSSR count). The smallest absolute Gasteiger partial charge is 0.337 e. The van der Waals surface area contributed by atoms with Crippen LogP contribution in [0.3, 0.4) is 0 Å². The molecule has 2 aromatic carbocycles. The van der Waals surface area contributed by atoms with E-state index in [-0.39, 0.29) is 5.91 Å². The van der Waals surface area contributed by atoms with Crippen LogP contribution in [0.2, 0.25) is 0 Å². The molecule has 6 nitrogen and oxygen atoms in total. The molecule has 0 aromatic heterocycles. The number of anilines is 1. The van der Waals surface area contributed by atoms with Gasteiger partial charge in [0.2, 0.25) is 0 Å². The standard InChI is InChI=1S/C20H23NO5/c1-13-10-16(20(23)25-4)8-9-18(13)21-19(22)14(2)26-12-15-6-5-7-17(11-15)24-3/h5-11,14H,12H2,1-4H3,(H,21,22). The van der Waals surface area contributed by atoms with Crippen LogP contribution in [-0.2, 0) is 20.9 Å². The molecule has 0 saturated heterocycles. The maximum absolute atomic E-state index is 12.3. The number of esters is 1. The lowest BCUT2D eigenvalue weighted by atomic mass is 10.1. The van der Waals surface area contributed by atoms with Gasteiger partial charge in [0.25, 0.3) is 5.91 Å². The molecular weight excluding hydrogens is 334 g/mol. The van der Waals surface area contributed by atoms with Gasteiger partial charge in [-0.05, 0) is 55.3 Å². The van der Waals surface area contributed by atoms with Crippen molar-refractivity contribution in [2.45, 2.75) is 26.6 Å². The highest BCUT2D eigenvalue weighted by Crippen LogP contribution is 2.18. The minimum Gasteiger partial charge on any atom is -0.497 e. The van der Waals surface area contributed by atoms with Gasteiger partial charge in [0.1, 0.15) is 11.9 Å². The minimum absolute atomic E-state index is 0.262. The molecule has 6 heteroatoms. The second-order valence-corrected chi connectivity index (χ2v) is 5.82. The number of hydrogen-bond donors (Lipinski definition) is 1. The normalized spacial score (nSPS) is 11.5. The Morgan fingerprint density at radius 2 is 1.88 bits per heavy atom. The fourth-order valence-corrected chi connectivity index (χ4v) is 2.34. The van der Waals surface area contributed by atoms with Crippen molar-refractivity contribution in [2.75, 3.05) is 19.5 Å². The van der Waals surface area contributed by atoms with Crippen LogP contribution in [0, 0.1) is 6.92 Å². The molecular formula is C20H23NO5. The number of ether oxygens (including phenoxy) is 3. The van der Waals surface area contributed by atoms with Crippen LogP contribution in [0.4, 0.5) is 5.69 Å². The van der Waals surface area contributed by atoms with E-state index in [1.54, 1.807) is 32.2 Å². The monoisotopic (exact) mass is 357 g/mol. The summed E-state index contributed by atoms with van der Waals surface area (Å²) in [6.45, 7) is 3.80. The lowest BCUT2D eigenvalue weighted by molar-refractivity contribution is -0.127. The lowest BCUT2D eigenvalue weighted by Gasteiger charge is -2.15. The van der Waals surface area contributed by atoms with E-state index in [9.17, 15) is 9.59 Å². The maximum Gasteiger partial charge on any atom is 0.337 e. The SMILES string of the molecule is COC(=O)c1ccc(NC(=O)C(C)OCc2cccc(OC)c2)c(C)c1. The number of rotatable bonds is 7. The minimum atomic E-state index is -0.638. The summed E-state index contributed by atoms with van der Waals surface area (Å²) in [6, 6.07) is 12.4. The van der Waals surface area contributed by atoms with Crippen molar-refractivity contribution in [2.24, 2.45) is 0 Å². The van der Waals surface area contributed by atoms with Crippen molar-refractivity contribution in [1.82, 2.24) is 0 Å². The number of hydrogen-bond acceptors (Lipinski definition) is 5. The third-order valence-corrected chi connectivity index (χ3v) is 3.91. The summed E-state index contributed by atoms with van der Waals surface area (Å²) in [4.78, 5) is 23.9. The number of aryl methyl sites for hydroxylation is 1. The molecule has 0 fully saturated rings. The van der Waals surface area contributed by atoms with Gasteiger partial charge in [-0.25, -0.2) is 4.79 Å². The van der Waals surface area contributed by atoms with Crippen LogP contribution >= 0.6 is 0 Å². The number of methoxy groups -OCH3 is 2. The molecule has 0 spiro atoms. The van der Waals surface area contributed by atoms with Crippen LogP contribution in [0.25, 0.3) is 0 Å². The van der Waals surface area contributed by atoms with E-state index in [1.165, 1.54) is 7.11 Å². The molecule has 1 unspecified atom stereocenters. The molecule has 1 atom stereocenters. The summed E-state index contributed by atoms with van der Waals surface area (Å²) in [5.74, 6) is 0.0623. The molecule has 138 valence electrons. The third kappa shape index (κ3) is 5.07. The van der Waals surface area contributed by atoms with Gasteiger partial charge in [-0.15, -0.1) is 0 Å². The van der Waals surface area contributed by atoms with Crippen molar-refractivity contribution < 1.29 is 23.8 Å². The molecule has 0 radical (unpaired) electrons. The van der Waals surface area contributed by atoms with Gasteiger partial charge >= 0.3 is 5.97 Å². The second kappa shape index (κ2) is 9.01. The maximum atomic E-state index is 12.3. The zero-order chi connectivity index (χ0) is 19.1. The van der Waals surface area contributed by atoms with Crippen molar-refractivity contribution in [3.8, 4) is 5.75 Å². The summed E-state index contributed by atoms with van der Waals surface area (Å²) >= 11 is 0. The Hall–Kier alpha value is -2.86. The molecule has 2 aromatic rings. The Bertz CT molecular complexity index is 788. The van der Waals surface area contributed by atoms with Gasteiger partial charge in [0.05, 0.1) is 26.4 Å². The van der Waals surface area contributed by atoms with Crippen molar-refractivity contribution in [3.63, 3.8) is 0 Å². The first kappa shape index (κ1) is 19.5. The largest absolute Gasteiger partial charge is 0.497 e. The van der Waals surface area contributed by atoms with E-state index < -0.39 is 12.1 Å². The van der Waals surface area contributed by atoms with E-state index in [0.29, 0.717) is 17.9 Å². The van der Waals surface area contributed by atoms with Crippen LogP contribution in [0.15, 0.2) is 42.5 Å². The van der Waals surface area contributed by atoms with E-state index in [2.05, 4.69) is 10.1 Å². The number of carbonyl (C=O) groups excluding carboxylic acids is 2. The van der Waals surface area contributed by atoms with Gasteiger partial charge in [0.15, 0.2) is 0 Å². The molecule has 1 N–H and O–H groups in total. The van der Waals surface area contributed by atoms with Crippen molar-refractivity contribution in [1.29, 1.82) is 0 Å². The van der Waals surface area contributed by atoms with E-state index >= 15 is 0 Å². The number of nitrogens with one attached hydrogen (secondary N) is 1. The van der Waals surface area contributed by atoms with E-state index in [4.69, 9.17) is 9.47 Å². The summed E-state index contributed by atoms with van der Waals surface area (Å²) in [6.07, 6.45) is -0.638. The van der Waals surface area contributed by atoms with Gasteiger partial charge in [-0.2, -0.15) is 0 Å². The van der Waals surface area contributed by atoms with Crippen LogP contribution < -0.4 is 10.1 Å². The topological polar surface area (TPSA) is 73.9 Å². The van der Waals surface area contributed by atoms with E-state index in [0.717, 1.165) is 16.9 Å². The lowest BCUT2D eigenvalue weighted by Crippen LogP contribution is -2.28. The van der Waals surface area contributed by atoms with Crippen LogP contribution in [-0.4, -0.2) is 32.2 Å². The first-order valence-electron chi connectivity index (χ1n) is 8.19. The van der Waals surface area contributed by atoms with E-state index in [1.807, 2.05) is 31.2 Å². The molecule has 0 saturated carbocycles. The van der Waals surface area contributed by atoms with Crippen LogP contribution in [0.5, 0.6) is 5.75 Å². The quantitative estimate of drug-likeness (QED) is 0.770. The predicted octanol–water partition coefficient (Wildman–Crippen LogP) is 3.33. The predicted molar refractivity (Wildman–Crippen MR) is 98.4 cm³/mol. The highest BCUT2D eigenvalue weighted by atomic mass is 16.5. The summed E-state index contributed by atoms with van der Waals surface area (Å²) in [5.41, 5.74) is 2.74. The molecule has 1 amide bonds. The fraction of sp³-hybridized carbons (Fsp3) is 0.300. The number of amides is 1. The summed E-state index contributed by atoms with van der Waals surface area (Å²) < 4.78 is 15.5. The Balaban J connectivity index is 1.95. The number of carbonyl (C=O) groups is 2. The summed E-state index contributed by atoms with van der Waals surface area (Å²) in [5, 5.41) is 2.81. The zero-order valence-electron chi connectivity index (χ0n) is 15.4. The second-order valence-electron chi connectivity index (χ2n) is 5.82. The molecule has 0 aliphatic heterocycles. The average molecular weight is 357 g/mol. The Kier molecular flexibility index (Phi) is 6.74. The van der Waals surface area contributed by atoms with Gasteiger partial charge in [-0.1, -0.05) is 12.1 Å². The zero-order valence-corrected chi connectivity index (χ0v) is 15.4. The molecule has 0 bridgehead atoms. The van der Waals surface area contributed by atoms with Gasteiger partial charge in [0, 0.05) is 5.69 Å². The van der Waals surface area contributed by atoms with Gasteiger partial charge < -0.3 is 19.5 Å². The van der Waals surface area contributed by atoms with Gasteiger partial charge in [-0.3, -0.25) is 4.79 Å². The third-order valence-electron chi connectivity index (χ3n) is 3.91. The number of benzene rings is 2. The fourth-order valence-electron chi connectivity index (χ4n) is 2.34. The highest BCUT2D eigenvalue weighted by molar-refractivity contribution is 5.96. The Labute approximate surface area is 153 Å². The Morgan fingerprint density at radius 3 is 2.54 bits per heavy atom. The Morgan fingerprint density at radius 1 is 1.12 bits per heavy atom. The molecule has 0 heterocycles. The average Bonchev–Trinajstić information content (AvgIpc) is 2.66. The molecule has 0 aliphatic rings. The summed E-state index contributed by atoms with van der Waals surface area (Å²) in [7, 11) is 2.93. The first-order valence-corrected chi connectivity index (χ1v) is 8.19. The highest BCUT2D eigenvalue weighted by Gasteiger charge is 2.16. The van der Waals surface area contributed by atoms with Crippen molar-refractivity contribution in [3.05, 3.63) is 59.2 Å². The van der Waals surface area contributed by atoms with Crippen molar-refractivity contribution >= 4 is 17.6 Å². The first-order chi connectivity index (χ1) is 12.4. The molecule has 0 aliphatic carbocycles. The molecule has 26 heavy (non-hydrogen) atoms.